The predicted octanol–water partition coefficient (Wildman–Crippen LogP) is 3.74. The maximum atomic E-state index is 6.12. The van der Waals surface area contributed by atoms with Gasteiger partial charge < -0.3 is 10.2 Å². The van der Waals surface area contributed by atoms with E-state index in [0.29, 0.717) is 0 Å². The van der Waals surface area contributed by atoms with Crippen molar-refractivity contribution in [2.75, 3.05) is 18.0 Å². The second kappa shape index (κ2) is 5.47. The predicted molar refractivity (Wildman–Crippen MR) is 88.1 cm³/mol. The Hall–Kier alpha value is -1.32. The highest BCUT2D eigenvalue weighted by molar-refractivity contribution is 6.31. The van der Waals surface area contributed by atoms with E-state index in [1.54, 1.807) is 0 Å². The van der Waals surface area contributed by atoms with Crippen molar-refractivity contribution in [2.45, 2.75) is 38.3 Å². The van der Waals surface area contributed by atoms with Gasteiger partial charge in [-0.15, -0.1) is 0 Å². The van der Waals surface area contributed by atoms with E-state index < -0.39 is 0 Å². The van der Waals surface area contributed by atoms with Gasteiger partial charge in [0, 0.05) is 41.6 Å². The van der Waals surface area contributed by atoms with Gasteiger partial charge in [0.25, 0.3) is 0 Å². The molecule has 4 rings (SSSR count). The largest absolute Gasteiger partial charge is 0.356 e. The van der Waals surface area contributed by atoms with Crippen LogP contribution < -0.4 is 10.2 Å². The summed E-state index contributed by atoms with van der Waals surface area (Å²) in [5.41, 5.74) is 2.32. The van der Waals surface area contributed by atoms with Crippen LogP contribution in [0.4, 0.5) is 5.82 Å². The number of nitrogens with one attached hydrogen (secondary N) is 1. The highest BCUT2D eigenvalue weighted by Gasteiger charge is 2.22. The third-order valence-electron chi connectivity index (χ3n) is 4.40. The number of hydrogen-bond donors (Lipinski definition) is 1. The summed E-state index contributed by atoms with van der Waals surface area (Å²) in [5.74, 6) is 1.15. The third kappa shape index (κ3) is 2.85. The van der Waals surface area contributed by atoms with E-state index in [9.17, 15) is 0 Å². The van der Waals surface area contributed by atoms with Gasteiger partial charge in [0.2, 0.25) is 0 Å². The summed E-state index contributed by atoms with van der Waals surface area (Å²) in [6, 6.07) is 8.98. The summed E-state index contributed by atoms with van der Waals surface area (Å²) in [5, 5.41) is 5.55. The van der Waals surface area contributed by atoms with E-state index in [2.05, 4.69) is 22.3 Å². The minimum Gasteiger partial charge on any atom is -0.356 e. The van der Waals surface area contributed by atoms with Gasteiger partial charge in [-0.3, -0.25) is 0 Å². The van der Waals surface area contributed by atoms with Crippen LogP contribution in [0.1, 0.15) is 31.2 Å². The molecular formula is C17H20ClN3. The second-order valence-electron chi connectivity index (χ2n) is 6.16. The molecule has 0 bridgehead atoms. The Morgan fingerprint density at radius 2 is 2.00 bits per heavy atom. The first-order chi connectivity index (χ1) is 10.3. The van der Waals surface area contributed by atoms with E-state index in [4.69, 9.17) is 16.6 Å². The fourth-order valence-electron chi connectivity index (χ4n) is 3.05. The Morgan fingerprint density at radius 3 is 2.76 bits per heavy atom. The van der Waals surface area contributed by atoms with Gasteiger partial charge >= 0.3 is 0 Å². The zero-order valence-electron chi connectivity index (χ0n) is 12.1. The molecule has 2 aliphatic rings. The Morgan fingerprint density at radius 1 is 1.19 bits per heavy atom. The average molecular weight is 302 g/mol. The number of anilines is 1. The number of nitrogens with zero attached hydrogens (tertiary/aromatic N) is 2. The van der Waals surface area contributed by atoms with Crippen molar-refractivity contribution in [2.24, 2.45) is 0 Å². The maximum absolute atomic E-state index is 6.12. The summed E-state index contributed by atoms with van der Waals surface area (Å²) in [6.07, 6.45) is 5.17. The van der Waals surface area contributed by atoms with E-state index in [-0.39, 0.29) is 0 Å². The molecule has 2 fully saturated rings. The highest BCUT2D eigenvalue weighted by atomic mass is 35.5. The Balaban J connectivity index is 1.74. The maximum Gasteiger partial charge on any atom is 0.133 e. The van der Waals surface area contributed by atoms with Gasteiger partial charge in [-0.2, -0.15) is 0 Å². The molecule has 2 aromatic rings. The Bertz CT molecular complexity index is 660. The number of fused-ring (bicyclic) bond motifs is 1. The minimum absolute atomic E-state index is 0.720. The SMILES string of the molecule is Clc1ccc2cc(CNC3CC3)c(N3CCCC3)nc2c1. The van der Waals surface area contributed by atoms with Crippen molar-refractivity contribution in [3.05, 3.63) is 34.9 Å². The highest BCUT2D eigenvalue weighted by Crippen LogP contribution is 2.29. The molecule has 21 heavy (non-hydrogen) atoms. The van der Waals surface area contributed by atoms with Crippen LogP contribution in [0.2, 0.25) is 5.02 Å². The topological polar surface area (TPSA) is 28.2 Å². The molecule has 110 valence electrons. The van der Waals surface area contributed by atoms with Crippen LogP contribution in [0.5, 0.6) is 0 Å². The molecule has 4 heteroatoms. The summed E-state index contributed by atoms with van der Waals surface area (Å²) in [6.45, 7) is 3.16. The lowest BCUT2D eigenvalue weighted by Crippen LogP contribution is -2.23. The van der Waals surface area contributed by atoms with Gasteiger partial charge in [-0.05, 0) is 43.9 Å². The number of aromatic nitrogens is 1. The third-order valence-corrected chi connectivity index (χ3v) is 4.64. The molecule has 1 aliphatic heterocycles. The van der Waals surface area contributed by atoms with E-state index in [1.807, 2.05) is 12.1 Å². The van der Waals surface area contributed by atoms with Crippen molar-refractivity contribution in [3.8, 4) is 0 Å². The quantitative estimate of drug-likeness (QED) is 0.932. The van der Waals surface area contributed by atoms with Crippen molar-refractivity contribution < 1.29 is 0 Å². The van der Waals surface area contributed by atoms with Gasteiger partial charge in [0.1, 0.15) is 5.82 Å². The number of benzene rings is 1. The fraction of sp³-hybridized carbons (Fsp3) is 0.471. The standard InChI is InChI=1S/C17H20ClN3/c18-14-4-3-12-9-13(11-19-15-5-6-15)17(20-16(12)10-14)21-7-1-2-8-21/h3-4,9-10,15,19H,1-2,5-8,11H2. The average Bonchev–Trinajstić information content (AvgIpc) is 3.16. The van der Waals surface area contributed by atoms with Crippen LogP contribution in [0.15, 0.2) is 24.3 Å². The Kier molecular flexibility index (Phi) is 3.48. The molecule has 0 atom stereocenters. The first-order valence-electron chi connectivity index (χ1n) is 7.87. The lowest BCUT2D eigenvalue weighted by molar-refractivity contribution is 0.684. The monoisotopic (exact) mass is 301 g/mol. The molecule has 1 saturated heterocycles. The molecule has 1 aliphatic carbocycles. The van der Waals surface area contributed by atoms with Crippen LogP contribution in [0, 0.1) is 0 Å². The molecule has 3 nitrogen and oxygen atoms in total. The van der Waals surface area contributed by atoms with E-state index >= 15 is 0 Å². The molecule has 0 unspecified atom stereocenters. The van der Waals surface area contributed by atoms with Crippen LogP contribution in [0.3, 0.4) is 0 Å². The number of hydrogen-bond acceptors (Lipinski definition) is 3. The van der Waals surface area contributed by atoms with Gasteiger partial charge in [0.15, 0.2) is 0 Å². The van der Waals surface area contributed by atoms with Crippen LogP contribution >= 0.6 is 11.6 Å². The lowest BCUT2D eigenvalue weighted by Gasteiger charge is -2.21. The normalized spacial score (nSPS) is 18.6. The fourth-order valence-corrected chi connectivity index (χ4v) is 3.21. The number of halogens is 1. The van der Waals surface area contributed by atoms with Crippen molar-refractivity contribution >= 4 is 28.3 Å². The lowest BCUT2D eigenvalue weighted by atomic mass is 10.1. The number of pyridine rings is 1. The summed E-state index contributed by atoms with van der Waals surface area (Å²) in [7, 11) is 0. The second-order valence-corrected chi connectivity index (χ2v) is 6.59. The van der Waals surface area contributed by atoms with Crippen molar-refractivity contribution in [1.29, 1.82) is 0 Å². The van der Waals surface area contributed by atoms with Gasteiger partial charge in [-0.1, -0.05) is 17.7 Å². The van der Waals surface area contributed by atoms with Crippen molar-refractivity contribution in [1.82, 2.24) is 10.3 Å². The molecule has 1 saturated carbocycles. The summed E-state index contributed by atoms with van der Waals surface area (Å²) in [4.78, 5) is 7.34. The van der Waals surface area contributed by atoms with Gasteiger partial charge in [0.05, 0.1) is 5.52 Å². The molecule has 0 spiro atoms. The minimum atomic E-state index is 0.720. The molecular weight excluding hydrogens is 282 g/mol. The summed E-state index contributed by atoms with van der Waals surface area (Å²) >= 11 is 6.12. The molecule has 1 aromatic carbocycles. The van der Waals surface area contributed by atoms with Crippen LogP contribution in [-0.4, -0.2) is 24.1 Å². The molecule has 1 N–H and O–H groups in total. The molecule has 2 heterocycles. The van der Waals surface area contributed by atoms with Crippen LogP contribution in [0.25, 0.3) is 10.9 Å². The first kappa shape index (κ1) is 13.4. The zero-order valence-corrected chi connectivity index (χ0v) is 12.9. The van der Waals surface area contributed by atoms with E-state index in [1.165, 1.54) is 36.6 Å². The van der Waals surface area contributed by atoms with E-state index in [0.717, 1.165) is 42.0 Å². The smallest absolute Gasteiger partial charge is 0.133 e. The number of rotatable bonds is 4. The Labute approximate surface area is 130 Å². The first-order valence-corrected chi connectivity index (χ1v) is 8.25. The molecule has 0 amide bonds. The zero-order chi connectivity index (χ0) is 14.2. The molecule has 0 radical (unpaired) electrons. The molecule has 1 aromatic heterocycles. The van der Waals surface area contributed by atoms with Crippen LogP contribution in [-0.2, 0) is 6.54 Å². The summed E-state index contributed by atoms with van der Waals surface area (Å²) < 4.78 is 0. The van der Waals surface area contributed by atoms with Gasteiger partial charge in [-0.25, -0.2) is 4.98 Å². The van der Waals surface area contributed by atoms with Crippen molar-refractivity contribution in [3.63, 3.8) is 0 Å².